The van der Waals surface area contributed by atoms with Gasteiger partial charge >= 0.3 is 12.1 Å². The van der Waals surface area contributed by atoms with Gasteiger partial charge in [0.05, 0.1) is 5.56 Å². The minimum absolute atomic E-state index is 0.250. The lowest BCUT2D eigenvalue weighted by molar-refractivity contribution is -0.191. The van der Waals surface area contributed by atoms with E-state index in [0.717, 1.165) is 23.5 Å². The second kappa shape index (κ2) is 11.0. The fraction of sp³-hybridized carbons (Fsp3) is 0.0909. The van der Waals surface area contributed by atoms with E-state index in [0.29, 0.717) is 6.54 Å². The fourth-order valence-corrected chi connectivity index (χ4v) is 2.50. The van der Waals surface area contributed by atoms with Gasteiger partial charge in [0.25, 0.3) is 0 Å². The molecule has 3 aromatic rings. The minimum atomic E-state index is -0.918. The Morgan fingerprint density at radius 3 is 1.79 bits per heavy atom. The highest BCUT2D eigenvalue weighted by Gasteiger charge is 2.03. The molecule has 0 atom stereocenters. The molecule has 28 heavy (non-hydrogen) atoms. The summed E-state index contributed by atoms with van der Waals surface area (Å²) in [6.45, 7) is 1.42. The van der Waals surface area contributed by atoms with Crippen LogP contribution >= 0.6 is 0 Å². The van der Waals surface area contributed by atoms with Gasteiger partial charge < -0.3 is 15.7 Å². The zero-order valence-corrected chi connectivity index (χ0v) is 15.1. The Kier molecular flexibility index (Phi) is 7.99. The Hall–Kier alpha value is -3.89. The number of hydrogen-bond donors (Lipinski definition) is 3. The van der Waals surface area contributed by atoms with E-state index < -0.39 is 5.97 Å². The number of carboxylic acid groups (broad SMARTS) is 1. The smallest absolute Gasteiger partial charge is 0.373 e. The van der Waals surface area contributed by atoms with Gasteiger partial charge in [0.1, 0.15) is 0 Å². The van der Waals surface area contributed by atoms with Crippen molar-refractivity contribution >= 4 is 23.5 Å². The van der Waals surface area contributed by atoms with Crippen LogP contribution in [0.25, 0.3) is 0 Å². The predicted molar refractivity (Wildman–Crippen MR) is 106 cm³/mol. The van der Waals surface area contributed by atoms with Crippen LogP contribution in [0.1, 0.15) is 21.5 Å². The van der Waals surface area contributed by atoms with Crippen LogP contribution in [0.2, 0.25) is 0 Å². The quantitative estimate of drug-likeness (QED) is 0.576. The molecule has 0 heterocycles. The van der Waals surface area contributed by atoms with E-state index in [9.17, 15) is 4.79 Å². The van der Waals surface area contributed by atoms with Crippen LogP contribution < -0.4 is 10.6 Å². The zero-order chi connectivity index (χ0) is 20.2. The van der Waals surface area contributed by atoms with Crippen molar-refractivity contribution in [3.05, 3.63) is 95.6 Å². The molecule has 3 N–H and O–H groups in total. The van der Waals surface area contributed by atoms with E-state index in [-0.39, 0.29) is 11.7 Å². The Labute approximate surface area is 162 Å². The molecule has 0 aliphatic heterocycles. The normalized spacial score (nSPS) is 9.43. The average molecular weight is 376 g/mol. The molecule has 6 nitrogen and oxygen atoms in total. The van der Waals surface area contributed by atoms with E-state index in [1.807, 2.05) is 36.4 Å². The standard InChI is InChI=1S/C21H20N2O2.CO2/c24-21(25)18-5-4-8-20(13-18)23-15-17-11-9-16(10-12-17)14-22-19-6-2-1-3-7-19;2-1-3/h1-13,22-23H,14-15H2,(H,24,25);. The largest absolute Gasteiger partial charge is 0.478 e. The third-order valence-electron chi connectivity index (χ3n) is 3.90. The molecule has 0 saturated heterocycles. The van der Waals surface area contributed by atoms with Crippen molar-refractivity contribution in [2.75, 3.05) is 10.6 Å². The highest BCUT2D eigenvalue weighted by Crippen LogP contribution is 2.14. The van der Waals surface area contributed by atoms with E-state index in [1.165, 1.54) is 5.56 Å². The highest BCUT2D eigenvalue weighted by atomic mass is 16.4. The fourth-order valence-electron chi connectivity index (χ4n) is 2.50. The van der Waals surface area contributed by atoms with Crippen LogP contribution in [0.15, 0.2) is 78.9 Å². The summed E-state index contributed by atoms with van der Waals surface area (Å²) in [5.74, 6) is -0.918. The first-order valence-corrected chi connectivity index (χ1v) is 8.55. The van der Waals surface area contributed by atoms with Gasteiger partial charge in [-0.3, -0.25) is 0 Å². The lowest BCUT2D eigenvalue weighted by Crippen LogP contribution is -2.03. The molecule has 0 aliphatic rings. The summed E-state index contributed by atoms with van der Waals surface area (Å²) >= 11 is 0. The molecule has 0 aromatic heterocycles. The maximum Gasteiger partial charge on any atom is 0.373 e. The summed E-state index contributed by atoms with van der Waals surface area (Å²) in [5, 5.41) is 15.7. The van der Waals surface area contributed by atoms with E-state index in [1.54, 1.807) is 18.2 Å². The van der Waals surface area contributed by atoms with Gasteiger partial charge in [-0.1, -0.05) is 48.5 Å². The Bertz CT molecular complexity index is 919. The summed E-state index contributed by atoms with van der Waals surface area (Å²) < 4.78 is 0. The summed E-state index contributed by atoms with van der Waals surface area (Å²) in [7, 11) is 0. The molecule has 3 aromatic carbocycles. The molecular formula is C22H20N2O4. The molecule has 3 rings (SSSR count). The number of benzene rings is 3. The second-order valence-electron chi connectivity index (χ2n) is 5.86. The summed E-state index contributed by atoms with van der Waals surface area (Å²) in [6, 6.07) is 25.3. The third-order valence-corrected chi connectivity index (χ3v) is 3.90. The summed E-state index contributed by atoms with van der Waals surface area (Å²) in [6.07, 6.45) is 0.250. The number of para-hydroxylation sites is 1. The topological polar surface area (TPSA) is 95.5 Å². The van der Waals surface area contributed by atoms with Crippen LogP contribution in [0.3, 0.4) is 0 Å². The molecule has 0 fully saturated rings. The Morgan fingerprint density at radius 2 is 1.25 bits per heavy atom. The molecule has 6 heteroatoms. The number of carboxylic acids is 1. The van der Waals surface area contributed by atoms with Crippen LogP contribution in [0.4, 0.5) is 11.4 Å². The van der Waals surface area contributed by atoms with Crippen molar-refractivity contribution in [3.63, 3.8) is 0 Å². The number of hydrogen-bond acceptors (Lipinski definition) is 5. The van der Waals surface area contributed by atoms with Gasteiger partial charge in [0.15, 0.2) is 0 Å². The lowest BCUT2D eigenvalue weighted by atomic mass is 10.1. The maximum absolute atomic E-state index is 11.0. The van der Waals surface area contributed by atoms with E-state index in [4.69, 9.17) is 14.7 Å². The maximum atomic E-state index is 11.0. The van der Waals surface area contributed by atoms with Crippen molar-refractivity contribution in [2.24, 2.45) is 0 Å². The van der Waals surface area contributed by atoms with E-state index >= 15 is 0 Å². The van der Waals surface area contributed by atoms with E-state index in [2.05, 4.69) is 34.9 Å². The molecule has 0 saturated carbocycles. The summed E-state index contributed by atoms with van der Waals surface area (Å²) in [5.41, 5.74) is 4.54. The van der Waals surface area contributed by atoms with Gasteiger partial charge in [-0.2, -0.15) is 9.59 Å². The lowest BCUT2D eigenvalue weighted by Gasteiger charge is -2.09. The van der Waals surface area contributed by atoms with Crippen LogP contribution in [0.5, 0.6) is 0 Å². The number of aromatic carboxylic acids is 1. The van der Waals surface area contributed by atoms with Crippen molar-refractivity contribution in [1.29, 1.82) is 0 Å². The van der Waals surface area contributed by atoms with Crippen LogP contribution in [0, 0.1) is 0 Å². The number of nitrogens with one attached hydrogen (secondary N) is 2. The minimum Gasteiger partial charge on any atom is -0.478 e. The highest BCUT2D eigenvalue weighted by molar-refractivity contribution is 5.88. The number of anilines is 2. The molecule has 0 amide bonds. The Balaban J connectivity index is 0.000000878. The molecule has 0 radical (unpaired) electrons. The molecule has 0 spiro atoms. The second-order valence-corrected chi connectivity index (χ2v) is 5.86. The third kappa shape index (κ3) is 6.78. The molecule has 0 aliphatic carbocycles. The zero-order valence-electron chi connectivity index (χ0n) is 15.1. The first-order chi connectivity index (χ1) is 13.6. The molecule has 0 unspecified atom stereocenters. The van der Waals surface area contributed by atoms with Gasteiger partial charge in [0.2, 0.25) is 0 Å². The number of carbonyl (C=O) groups is 1. The van der Waals surface area contributed by atoms with Crippen molar-refractivity contribution in [3.8, 4) is 0 Å². The molecule has 142 valence electrons. The average Bonchev–Trinajstić information content (AvgIpc) is 2.73. The number of carbonyl (C=O) groups excluding carboxylic acids is 2. The van der Waals surface area contributed by atoms with Gasteiger partial charge in [-0.25, -0.2) is 4.79 Å². The first-order valence-electron chi connectivity index (χ1n) is 8.55. The Morgan fingerprint density at radius 1 is 0.750 bits per heavy atom. The number of rotatable bonds is 7. The van der Waals surface area contributed by atoms with Crippen LogP contribution in [-0.2, 0) is 22.7 Å². The van der Waals surface area contributed by atoms with Gasteiger partial charge in [-0.05, 0) is 41.5 Å². The van der Waals surface area contributed by atoms with Crippen molar-refractivity contribution < 1.29 is 19.5 Å². The SMILES string of the molecule is O=C(O)c1cccc(NCc2ccc(CNc3ccccc3)cc2)c1.O=C=O. The van der Waals surface area contributed by atoms with Crippen LogP contribution in [-0.4, -0.2) is 17.2 Å². The first kappa shape index (κ1) is 20.4. The molecule has 0 bridgehead atoms. The molecular weight excluding hydrogens is 356 g/mol. The van der Waals surface area contributed by atoms with Gasteiger partial charge in [0, 0.05) is 24.5 Å². The predicted octanol–water partition coefficient (Wildman–Crippen LogP) is 4.03. The monoisotopic (exact) mass is 376 g/mol. The van der Waals surface area contributed by atoms with Crippen molar-refractivity contribution in [2.45, 2.75) is 13.1 Å². The summed E-state index contributed by atoms with van der Waals surface area (Å²) in [4.78, 5) is 27.2. The van der Waals surface area contributed by atoms with Crippen molar-refractivity contribution in [1.82, 2.24) is 0 Å². The van der Waals surface area contributed by atoms with Gasteiger partial charge in [-0.15, -0.1) is 0 Å².